The minimum Gasteiger partial charge on any atom is -0.495 e. The van der Waals surface area contributed by atoms with E-state index >= 15 is 0 Å². The van der Waals surface area contributed by atoms with Crippen LogP contribution in [0.3, 0.4) is 0 Å². The minimum absolute atomic E-state index is 0.0257. The number of methoxy groups -OCH3 is 1. The summed E-state index contributed by atoms with van der Waals surface area (Å²) in [5.74, 6) is -0.311. The van der Waals surface area contributed by atoms with Crippen LogP contribution in [-0.4, -0.2) is 58.3 Å². The van der Waals surface area contributed by atoms with Crippen molar-refractivity contribution in [3.05, 3.63) is 48.5 Å². The summed E-state index contributed by atoms with van der Waals surface area (Å²) >= 11 is 0. The van der Waals surface area contributed by atoms with Crippen LogP contribution in [-0.2, 0) is 6.18 Å². The van der Waals surface area contributed by atoms with Crippen LogP contribution in [0, 0.1) is 0 Å². The van der Waals surface area contributed by atoms with Crippen LogP contribution in [0.25, 0.3) is 11.4 Å². The van der Waals surface area contributed by atoms with Crippen LogP contribution in [0.2, 0.25) is 0 Å². The molecule has 2 aliphatic rings. The van der Waals surface area contributed by atoms with Gasteiger partial charge in [0.15, 0.2) is 0 Å². The van der Waals surface area contributed by atoms with Crippen LogP contribution in [0.5, 0.6) is 5.75 Å². The van der Waals surface area contributed by atoms with Crippen LogP contribution in [0.1, 0.15) is 12.3 Å². The number of para-hydroxylation sites is 2. The molecular formula is C21H19F3N6O3. The lowest BCUT2D eigenvalue weighted by molar-refractivity contribution is -0.159. The van der Waals surface area contributed by atoms with Gasteiger partial charge >= 0.3 is 18.1 Å². The Morgan fingerprint density at radius 3 is 2.64 bits per heavy atom. The first-order chi connectivity index (χ1) is 15.8. The topological polar surface area (TPSA) is 96.6 Å². The largest absolute Gasteiger partial charge is 0.495 e. The van der Waals surface area contributed by atoms with E-state index in [-0.39, 0.29) is 23.9 Å². The van der Waals surface area contributed by atoms with Gasteiger partial charge in [0.25, 0.3) is 0 Å². The van der Waals surface area contributed by atoms with Crippen molar-refractivity contribution in [2.75, 3.05) is 30.4 Å². The molecular weight excluding hydrogens is 441 g/mol. The van der Waals surface area contributed by atoms with Crippen molar-refractivity contribution in [1.29, 1.82) is 0 Å². The van der Waals surface area contributed by atoms with E-state index in [0.717, 1.165) is 6.42 Å². The highest BCUT2D eigenvalue weighted by Crippen LogP contribution is 2.35. The number of aromatic nitrogens is 3. The summed E-state index contributed by atoms with van der Waals surface area (Å²) in [7, 11) is 1.55. The summed E-state index contributed by atoms with van der Waals surface area (Å²) < 4.78 is 47.5. The predicted octanol–water partition coefficient (Wildman–Crippen LogP) is 3.65. The number of amides is 2. The molecule has 0 aliphatic carbocycles. The number of pyridine rings is 1. The number of anilines is 2. The monoisotopic (exact) mass is 460 g/mol. The van der Waals surface area contributed by atoms with Crippen molar-refractivity contribution >= 4 is 17.5 Å². The quantitative estimate of drug-likeness (QED) is 0.635. The molecule has 2 aromatic heterocycles. The number of fused-ring (bicyclic) bond motifs is 2. The maximum atomic E-state index is 12.8. The molecule has 3 aromatic rings. The second kappa shape index (κ2) is 7.94. The molecule has 172 valence electrons. The Kier molecular flexibility index (Phi) is 5.06. The van der Waals surface area contributed by atoms with Gasteiger partial charge in [-0.15, -0.1) is 0 Å². The molecule has 2 unspecified atom stereocenters. The summed E-state index contributed by atoms with van der Waals surface area (Å²) in [6, 6.07) is 10.5. The van der Waals surface area contributed by atoms with Gasteiger partial charge in [-0.1, -0.05) is 17.3 Å². The average molecular weight is 460 g/mol. The number of nitrogens with zero attached hydrogens (tertiary/aromatic N) is 5. The molecule has 0 saturated carbocycles. The van der Waals surface area contributed by atoms with Crippen LogP contribution >= 0.6 is 0 Å². The summed E-state index contributed by atoms with van der Waals surface area (Å²) in [5, 5.41) is 6.28. The molecule has 5 rings (SSSR count). The summed E-state index contributed by atoms with van der Waals surface area (Å²) in [4.78, 5) is 24.5. The Morgan fingerprint density at radius 1 is 1.18 bits per heavy atom. The molecule has 1 N–H and O–H groups in total. The highest BCUT2D eigenvalue weighted by atomic mass is 19.4. The molecule has 9 nitrogen and oxygen atoms in total. The number of carbonyl (C=O) groups excluding carboxylic acids is 1. The van der Waals surface area contributed by atoms with Crippen molar-refractivity contribution in [1.82, 2.24) is 20.0 Å². The van der Waals surface area contributed by atoms with Crippen LogP contribution < -0.4 is 15.0 Å². The molecule has 2 bridgehead atoms. The number of benzene rings is 1. The number of urea groups is 1. The lowest BCUT2D eigenvalue weighted by atomic mass is 10.2. The first-order valence-electron chi connectivity index (χ1n) is 10.2. The highest BCUT2D eigenvalue weighted by Gasteiger charge is 2.46. The number of carbonyl (C=O) groups is 1. The van der Waals surface area contributed by atoms with Crippen LogP contribution in [0.15, 0.2) is 47.1 Å². The van der Waals surface area contributed by atoms with Crippen molar-refractivity contribution in [3.63, 3.8) is 0 Å². The van der Waals surface area contributed by atoms with Gasteiger partial charge in [0, 0.05) is 24.8 Å². The Morgan fingerprint density at radius 2 is 2.00 bits per heavy atom. The second-order valence-electron chi connectivity index (χ2n) is 7.80. The van der Waals surface area contributed by atoms with Crippen molar-refractivity contribution in [2.24, 2.45) is 0 Å². The normalized spacial score (nSPS) is 19.8. The van der Waals surface area contributed by atoms with E-state index in [1.165, 1.54) is 6.20 Å². The Labute approximate surface area is 186 Å². The summed E-state index contributed by atoms with van der Waals surface area (Å²) in [5.41, 5.74) is 0.928. The SMILES string of the molecule is COc1ccccc1NC(=O)N1CC2CC1CN2c1ccc(-c2noc(C(F)(F)F)n2)cn1. The molecule has 2 aliphatic heterocycles. The van der Waals surface area contributed by atoms with E-state index in [9.17, 15) is 18.0 Å². The molecule has 2 saturated heterocycles. The standard InChI is InChI=1S/C21H19F3N6O3/c1-32-16-5-3-2-4-15(16)26-20(31)30-11-13-8-14(30)10-29(13)17-7-6-12(9-25-17)18-27-19(33-28-18)21(22,23)24/h2-7,9,13-14H,8,10-11H2,1H3,(H,26,31). The second-order valence-corrected chi connectivity index (χ2v) is 7.80. The molecule has 12 heteroatoms. The van der Waals surface area contributed by atoms with Crippen molar-refractivity contribution in [3.8, 4) is 17.1 Å². The van der Waals surface area contributed by atoms with E-state index in [1.54, 1.807) is 36.3 Å². The fourth-order valence-electron chi connectivity index (χ4n) is 4.28. The Hall–Kier alpha value is -3.83. The molecule has 2 amide bonds. The molecule has 4 heterocycles. The third-order valence-electron chi connectivity index (χ3n) is 5.82. The van der Waals surface area contributed by atoms with Crippen molar-refractivity contribution in [2.45, 2.75) is 24.7 Å². The van der Waals surface area contributed by atoms with E-state index in [1.807, 2.05) is 12.1 Å². The number of ether oxygens (including phenoxy) is 1. The van der Waals surface area contributed by atoms with E-state index < -0.39 is 12.1 Å². The molecule has 1 aromatic carbocycles. The maximum Gasteiger partial charge on any atom is 0.471 e. The van der Waals surface area contributed by atoms with Gasteiger partial charge < -0.3 is 24.4 Å². The van der Waals surface area contributed by atoms with Crippen molar-refractivity contribution < 1.29 is 27.2 Å². The first-order valence-corrected chi connectivity index (χ1v) is 10.2. The Balaban J connectivity index is 1.24. The zero-order valence-corrected chi connectivity index (χ0v) is 17.4. The van der Waals surface area contributed by atoms with Gasteiger partial charge in [-0.05, 0) is 30.7 Å². The fraction of sp³-hybridized carbons (Fsp3) is 0.333. The lowest BCUT2D eigenvalue weighted by Crippen LogP contribution is -2.50. The van der Waals surface area contributed by atoms with Gasteiger partial charge in [-0.25, -0.2) is 9.78 Å². The van der Waals surface area contributed by atoms with Crippen LogP contribution in [0.4, 0.5) is 29.5 Å². The van der Waals surface area contributed by atoms with Gasteiger partial charge in [0.05, 0.1) is 24.9 Å². The van der Waals surface area contributed by atoms with E-state index in [4.69, 9.17) is 4.74 Å². The van der Waals surface area contributed by atoms with E-state index in [2.05, 4.69) is 29.9 Å². The number of halogens is 3. The Bertz CT molecular complexity index is 1170. The number of rotatable bonds is 4. The van der Waals surface area contributed by atoms with E-state index in [0.29, 0.717) is 35.9 Å². The zero-order chi connectivity index (χ0) is 23.2. The van der Waals surface area contributed by atoms with Gasteiger partial charge in [0.2, 0.25) is 5.82 Å². The molecule has 2 atom stereocenters. The summed E-state index contributed by atoms with van der Waals surface area (Å²) in [6.45, 7) is 1.14. The van der Waals surface area contributed by atoms with Gasteiger partial charge in [0.1, 0.15) is 11.6 Å². The predicted molar refractivity (Wildman–Crippen MR) is 111 cm³/mol. The first kappa shape index (κ1) is 21.0. The summed E-state index contributed by atoms with van der Waals surface area (Å²) in [6.07, 6.45) is -2.47. The van der Waals surface area contributed by atoms with Gasteiger partial charge in [-0.2, -0.15) is 18.2 Å². The number of alkyl halides is 3. The molecule has 33 heavy (non-hydrogen) atoms. The third-order valence-corrected chi connectivity index (χ3v) is 5.82. The maximum absolute atomic E-state index is 12.8. The lowest BCUT2D eigenvalue weighted by Gasteiger charge is -2.35. The number of hydrogen-bond donors (Lipinski definition) is 1. The number of hydrogen-bond acceptors (Lipinski definition) is 7. The zero-order valence-electron chi connectivity index (χ0n) is 17.4. The number of nitrogens with one attached hydrogen (secondary N) is 1. The number of likely N-dealkylation sites (tertiary alicyclic amines) is 1. The molecule has 0 spiro atoms. The minimum atomic E-state index is -4.70. The molecule has 2 fully saturated rings. The third kappa shape index (κ3) is 3.92. The fourth-order valence-corrected chi connectivity index (χ4v) is 4.28. The highest BCUT2D eigenvalue weighted by molar-refractivity contribution is 5.91. The smallest absolute Gasteiger partial charge is 0.471 e. The molecule has 0 radical (unpaired) electrons. The average Bonchev–Trinajstić information content (AvgIpc) is 3.55. The van der Waals surface area contributed by atoms with Gasteiger partial charge in [-0.3, -0.25) is 0 Å². The number of piperazine rings is 1.